The summed E-state index contributed by atoms with van der Waals surface area (Å²) in [6, 6.07) is 16.7. The van der Waals surface area contributed by atoms with Gasteiger partial charge < -0.3 is 14.8 Å². The molecule has 4 rings (SSSR count). The molecule has 0 saturated carbocycles. The van der Waals surface area contributed by atoms with Gasteiger partial charge in [-0.3, -0.25) is 24.2 Å². The third kappa shape index (κ3) is 5.58. The number of ether oxygens (including phenoxy) is 2. The second-order valence-corrected chi connectivity index (χ2v) is 8.14. The first-order chi connectivity index (χ1) is 17.8. The van der Waals surface area contributed by atoms with Crippen LogP contribution in [-0.4, -0.2) is 47.2 Å². The van der Waals surface area contributed by atoms with Gasteiger partial charge in [0.15, 0.2) is 0 Å². The van der Waals surface area contributed by atoms with E-state index in [0.29, 0.717) is 22.8 Å². The van der Waals surface area contributed by atoms with Crippen molar-refractivity contribution in [2.75, 3.05) is 13.7 Å². The van der Waals surface area contributed by atoms with Gasteiger partial charge in [-0.15, -0.1) is 0 Å². The van der Waals surface area contributed by atoms with Gasteiger partial charge >= 0.3 is 17.8 Å². The van der Waals surface area contributed by atoms with Gasteiger partial charge in [-0.25, -0.2) is 9.18 Å². The molecule has 1 heterocycles. The fourth-order valence-electron chi connectivity index (χ4n) is 3.77. The predicted octanol–water partition coefficient (Wildman–Crippen LogP) is 3.87. The summed E-state index contributed by atoms with van der Waals surface area (Å²) in [4.78, 5) is 51.2. The number of amides is 5. The molecule has 0 unspecified atom stereocenters. The van der Waals surface area contributed by atoms with Gasteiger partial charge in [0.1, 0.15) is 23.1 Å². The topological polar surface area (TPSA) is 105 Å². The highest BCUT2D eigenvalue weighted by molar-refractivity contribution is 6.44. The number of carbonyl (C=O) groups is 4. The molecule has 1 aliphatic heterocycles. The van der Waals surface area contributed by atoms with E-state index in [2.05, 4.69) is 5.32 Å². The van der Waals surface area contributed by atoms with E-state index in [-0.39, 0.29) is 31.0 Å². The van der Waals surface area contributed by atoms with E-state index < -0.39 is 23.8 Å². The number of urea groups is 1. The Kier molecular flexibility index (Phi) is 7.47. The molecule has 0 spiro atoms. The van der Waals surface area contributed by atoms with Crippen LogP contribution in [0, 0.1) is 5.82 Å². The summed E-state index contributed by atoms with van der Waals surface area (Å²) >= 11 is 0. The van der Waals surface area contributed by atoms with Crippen molar-refractivity contribution in [3.63, 3.8) is 0 Å². The lowest BCUT2D eigenvalue weighted by molar-refractivity contribution is -0.143. The van der Waals surface area contributed by atoms with E-state index in [9.17, 15) is 23.6 Å². The number of halogens is 1. The smallest absolute Gasteiger partial charge is 0.334 e. The molecule has 190 valence electrons. The molecule has 0 bridgehead atoms. The molecule has 5 amide bonds. The number of nitrogens with zero attached hydrogens (tertiary/aromatic N) is 2. The minimum absolute atomic E-state index is 0.0928. The van der Waals surface area contributed by atoms with E-state index in [1.165, 1.54) is 37.4 Å². The highest BCUT2D eigenvalue weighted by atomic mass is 19.1. The Morgan fingerprint density at radius 3 is 2.05 bits per heavy atom. The van der Waals surface area contributed by atoms with Gasteiger partial charge in [-0.1, -0.05) is 18.2 Å². The Balaban J connectivity index is 1.41. The number of benzene rings is 3. The molecule has 37 heavy (non-hydrogen) atoms. The number of hydrogen-bond acceptors (Lipinski definition) is 6. The lowest BCUT2D eigenvalue weighted by Crippen LogP contribution is -2.33. The normalized spacial score (nSPS) is 13.2. The standard InChI is InChI=1S/C27H24FN3O6/c1-3-30-25(33)26(34)31(27(30)35)16-18-6-13-23(36-2)22(14-18)24(32)29-15-17-4-9-20(10-5-17)37-21-11-7-19(28)8-12-21/h4-14H,3,15-16H2,1-2H3,(H,29,32). The summed E-state index contributed by atoms with van der Waals surface area (Å²) in [5.41, 5.74) is 1.51. The number of methoxy groups -OCH3 is 1. The van der Waals surface area contributed by atoms with Crippen LogP contribution in [0.2, 0.25) is 0 Å². The molecule has 0 atom stereocenters. The lowest BCUT2D eigenvalue weighted by atomic mass is 10.1. The minimum Gasteiger partial charge on any atom is -0.496 e. The molecule has 10 heteroatoms. The van der Waals surface area contributed by atoms with Crippen LogP contribution in [0.15, 0.2) is 66.7 Å². The van der Waals surface area contributed by atoms with Crippen LogP contribution in [0.1, 0.15) is 28.4 Å². The first-order valence-electron chi connectivity index (χ1n) is 11.5. The zero-order chi connectivity index (χ0) is 26.5. The van der Waals surface area contributed by atoms with Gasteiger partial charge in [0, 0.05) is 13.1 Å². The van der Waals surface area contributed by atoms with Crippen molar-refractivity contribution < 1.29 is 33.0 Å². The maximum Gasteiger partial charge on any atom is 0.334 e. The molecule has 3 aromatic carbocycles. The van der Waals surface area contributed by atoms with Crippen LogP contribution in [0.3, 0.4) is 0 Å². The van der Waals surface area contributed by atoms with E-state index in [4.69, 9.17) is 9.47 Å². The van der Waals surface area contributed by atoms with Crippen LogP contribution in [-0.2, 0) is 22.7 Å². The van der Waals surface area contributed by atoms with Gasteiger partial charge in [0.25, 0.3) is 5.91 Å². The van der Waals surface area contributed by atoms with E-state index in [1.54, 1.807) is 43.3 Å². The van der Waals surface area contributed by atoms with E-state index >= 15 is 0 Å². The van der Waals surface area contributed by atoms with Crippen molar-refractivity contribution in [3.05, 3.63) is 89.2 Å². The summed E-state index contributed by atoms with van der Waals surface area (Å²) in [7, 11) is 1.43. The zero-order valence-corrected chi connectivity index (χ0v) is 20.2. The van der Waals surface area contributed by atoms with Crippen molar-refractivity contribution in [3.8, 4) is 17.2 Å². The van der Waals surface area contributed by atoms with Crippen LogP contribution >= 0.6 is 0 Å². The van der Waals surface area contributed by atoms with Crippen molar-refractivity contribution >= 4 is 23.8 Å². The second kappa shape index (κ2) is 10.9. The molecule has 0 aromatic heterocycles. The first-order valence-corrected chi connectivity index (χ1v) is 11.5. The highest BCUT2D eigenvalue weighted by Gasteiger charge is 2.43. The van der Waals surface area contributed by atoms with E-state index in [0.717, 1.165) is 15.4 Å². The molecule has 1 aliphatic rings. The van der Waals surface area contributed by atoms with E-state index in [1.807, 2.05) is 0 Å². The van der Waals surface area contributed by atoms with Gasteiger partial charge in [0.05, 0.1) is 19.2 Å². The second-order valence-electron chi connectivity index (χ2n) is 8.14. The highest BCUT2D eigenvalue weighted by Crippen LogP contribution is 2.24. The summed E-state index contributed by atoms with van der Waals surface area (Å²) in [6.45, 7) is 1.76. The van der Waals surface area contributed by atoms with Gasteiger partial charge in [-0.05, 0) is 66.6 Å². The molecule has 1 saturated heterocycles. The minimum atomic E-state index is -0.902. The Labute approximate surface area is 212 Å². The van der Waals surface area contributed by atoms with Crippen LogP contribution in [0.25, 0.3) is 0 Å². The molecular formula is C27H24FN3O6. The van der Waals surface area contributed by atoms with Crippen LogP contribution < -0.4 is 14.8 Å². The fraction of sp³-hybridized carbons (Fsp3) is 0.185. The Morgan fingerprint density at radius 2 is 1.46 bits per heavy atom. The average Bonchev–Trinajstić information content (AvgIpc) is 3.11. The molecule has 1 fully saturated rings. The van der Waals surface area contributed by atoms with Crippen LogP contribution in [0.5, 0.6) is 17.2 Å². The number of imide groups is 2. The molecule has 0 radical (unpaired) electrons. The summed E-state index contributed by atoms with van der Waals surface area (Å²) in [5.74, 6) is -1.17. The number of nitrogens with one attached hydrogen (secondary N) is 1. The van der Waals surface area contributed by atoms with Crippen LogP contribution in [0.4, 0.5) is 9.18 Å². The molecule has 9 nitrogen and oxygen atoms in total. The Morgan fingerprint density at radius 1 is 0.865 bits per heavy atom. The third-order valence-electron chi connectivity index (χ3n) is 5.73. The quantitative estimate of drug-likeness (QED) is 0.350. The molecular weight excluding hydrogens is 481 g/mol. The van der Waals surface area contributed by atoms with Gasteiger partial charge in [-0.2, -0.15) is 0 Å². The first kappa shape index (κ1) is 25.4. The third-order valence-corrected chi connectivity index (χ3v) is 5.73. The SMILES string of the molecule is CCN1C(=O)C(=O)N(Cc2ccc(OC)c(C(=O)NCc3ccc(Oc4ccc(F)cc4)cc3)c2)C1=O. The number of likely N-dealkylation sites (N-methyl/N-ethyl adjacent to an activating group) is 1. The Hall–Kier alpha value is -4.73. The monoisotopic (exact) mass is 505 g/mol. The maximum atomic E-state index is 13.0. The molecule has 0 aliphatic carbocycles. The summed E-state index contributed by atoms with van der Waals surface area (Å²) in [6.07, 6.45) is 0. The molecule has 1 N–H and O–H groups in total. The number of carbonyl (C=O) groups excluding carboxylic acids is 4. The number of rotatable bonds is 9. The maximum absolute atomic E-state index is 13.0. The van der Waals surface area contributed by atoms with Gasteiger partial charge in [0.2, 0.25) is 0 Å². The predicted molar refractivity (Wildman–Crippen MR) is 130 cm³/mol. The summed E-state index contributed by atoms with van der Waals surface area (Å²) in [5, 5.41) is 2.82. The van der Waals surface area contributed by atoms with Crippen molar-refractivity contribution in [2.45, 2.75) is 20.0 Å². The Bertz CT molecular complexity index is 1340. The average molecular weight is 506 g/mol. The van der Waals surface area contributed by atoms with Crippen molar-refractivity contribution in [1.82, 2.24) is 15.1 Å². The summed E-state index contributed by atoms with van der Waals surface area (Å²) < 4.78 is 24.0. The molecule has 3 aromatic rings. The van der Waals surface area contributed by atoms with Crippen molar-refractivity contribution in [1.29, 1.82) is 0 Å². The van der Waals surface area contributed by atoms with Crippen molar-refractivity contribution in [2.24, 2.45) is 0 Å². The fourth-order valence-corrected chi connectivity index (χ4v) is 3.77. The lowest BCUT2D eigenvalue weighted by Gasteiger charge is -2.16. The largest absolute Gasteiger partial charge is 0.496 e. The zero-order valence-electron chi connectivity index (χ0n) is 20.2. The number of hydrogen-bond donors (Lipinski definition) is 1.